The van der Waals surface area contributed by atoms with Crippen molar-refractivity contribution in [2.24, 2.45) is 0 Å². The summed E-state index contributed by atoms with van der Waals surface area (Å²) in [6, 6.07) is 3.28. The predicted molar refractivity (Wildman–Crippen MR) is 87.3 cm³/mol. The zero-order valence-electron chi connectivity index (χ0n) is 13.5. The van der Waals surface area contributed by atoms with E-state index in [1.54, 1.807) is 12.1 Å². The molecule has 0 radical (unpaired) electrons. The van der Waals surface area contributed by atoms with E-state index in [0.29, 0.717) is 36.3 Å². The fourth-order valence-corrected chi connectivity index (χ4v) is 4.67. The van der Waals surface area contributed by atoms with E-state index in [1.807, 2.05) is 0 Å². The average molecular weight is 365 g/mol. The number of hydrogen-bond donors (Lipinski definition) is 2. The highest BCUT2D eigenvalue weighted by atomic mass is 32.2. The minimum atomic E-state index is -3.26. The van der Waals surface area contributed by atoms with Gasteiger partial charge in [0.1, 0.15) is 11.5 Å². The van der Waals surface area contributed by atoms with Gasteiger partial charge in [-0.25, -0.2) is 13.1 Å². The fraction of sp³-hybridized carbons (Fsp3) is 0.500. The van der Waals surface area contributed by atoms with Crippen LogP contribution >= 0.6 is 0 Å². The maximum atomic E-state index is 12.4. The summed E-state index contributed by atoms with van der Waals surface area (Å²) in [7, 11) is -3.26. The van der Waals surface area contributed by atoms with E-state index in [2.05, 4.69) is 15.2 Å². The third-order valence-electron chi connectivity index (χ3n) is 4.55. The molecule has 1 fully saturated rings. The highest BCUT2D eigenvalue weighted by molar-refractivity contribution is 7.90. The van der Waals surface area contributed by atoms with Crippen LogP contribution < -0.4 is 10.0 Å². The lowest BCUT2D eigenvalue weighted by Gasteiger charge is -2.22. The Balaban J connectivity index is 1.44. The largest absolute Gasteiger partial charge is 0.467 e. The second-order valence-electron chi connectivity index (χ2n) is 6.50. The van der Waals surface area contributed by atoms with Crippen molar-refractivity contribution in [3.8, 4) is 0 Å². The normalized spacial score (nSPS) is 20.2. The van der Waals surface area contributed by atoms with Gasteiger partial charge in [0.05, 0.1) is 18.1 Å². The van der Waals surface area contributed by atoms with Gasteiger partial charge in [-0.15, -0.1) is 0 Å². The van der Waals surface area contributed by atoms with Gasteiger partial charge < -0.3 is 14.3 Å². The van der Waals surface area contributed by atoms with Crippen molar-refractivity contribution in [1.82, 2.24) is 15.2 Å². The molecule has 134 valence electrons. The van der Waals surface area contributed by atoms with Gasteiger partial charge >= 0.3 is 0 Å². The van der Waals surface area contributed by atoms with E-state index < -0.39 is 10.0 Å². The Morgan fingerprint density at radius 1 is 1.32 bits per heavy atom. The summed E-state index contributed by atoms with van der Waals surface area (Å²) in [4.78, 5) is 12.4. The van der Waals surface area contributed by atoms with Gasteiger partial charge in [0.2, 0.25) is 10.0 Å². The molecule has 2 aliphatic carbocycles. The lowest BCUT2D eigenvalue weighted by molar-refractivity contribution is 0.0938. The lowest BCUT2D eigenvalue weighted by atomic mass is 9.92. The van der Waals surface area contributed by atoms with Crippen LogP contribution in [0.4, 0.5) is 0 Å². The van der Waals surface area contributed by atoms with E-state index in [9.17, 15) is 13.2 Å². The molecule has 0 saturated heterocycles. The quantitative estimate of drug-likeness (QED) is 0.793. The third kappa shape index (κ3) is 3.47. The van der Waals surface area contributed by atoms with Crippen LogP contribution in [0.1, 0.15) is 46.8 Å². The first-order chi connectivity index (χ1) is 12.0. The average Bonchev–Trinajstić information content (AvgIpc) is 3.18. The number of hydrogen-bond acceptors (Lipinski definition) is 6. The molecule has 2 aromatic heterocycles. The molecular weight excluding hydrogens is 346 g/mol. The van der Waals surface area contributed by atoms with Crippen LogP contribution in [0.2, 0.25) is 0 Å². The van der Waals surface area contributed by atoms with E-state index in [4.69, 9.17) is 8.94 Å². The van der Waals surface area contributed by atoms with E-state index in [-0.39, 0.29) is 29.4 Å². The fourth-order valence-electron chi connectivity index (χ4n) is 3.05. The van der Waals surface area contributed by atoms with Gasteiger partial charge in [-0.3, -0.25) is 4.79 Å². The minimum Gasteiger partial charge on any atom is -0.467 e. The first-order valence-electron chi connectivity index (χ1n) is 8.32. The van der Waals surface area contributed by atoms with Crippen LogP contribution in [0.3, 0.4) is 0 Å². The Morgan fingerprint density at radius 3 is 2.88 bits per heavy atom. The third-order valence-corrected chi connectivity index (χ3v) is 6.56. The molecule has 0 aliphatic heterocycles. The number of aromatic nitrogens is 1. The standard InChI is InChI=1S/C16H19N3O5S/c20-16(17-9-11-2-1-7-23-11)15-13-8-10(3-6-14(13)24-18-15)19-25(21,22)12-4-5-12/h1-2,7,10,12,19H,3-6,8-9H2,(H,17,20). The Kier molecular flexibility index (Phi) is 4.12. The predicted octanol–water partition coefficient (Wildman–Crippen LogP) is 1.14. The maximum Gasteiger partial charge on any atom is 0.274 e. The molecule has 0 aromatic carbocycles. The van der Waals surface area contributed by atoms with Gasteiger partial charge in [0, 0.05) is 18.0 Å². The summed E-state index contributed by atoms with van der Waals surface area (Å²) in [5.41, 5.74) is 0.906. The molecular formula is C16H19N3O5S. The molecule has 2 aliphatic rings. The van der Waals surface area contributed by atoms with Crippen LogP contribution in [0.5, 0.6) is 0 Å². The summed E-state index contributed by atoms with van der Waals surface area (Å²) in [5.74, 6) is 0.943. The molecule has 9 heteroatoms. The monoisotopic (exact) mass is 365 g/mol. The number of fused-ring (bicyclic) bond motifs is 1. The number of furan rings is 1. The summed E-state index contributed by atoms with van der Waals surface area (Å²) < 4.78 is 37.5. The van der Waals surface area contributed by atoms with Gasteiger partial charge in [0.25, 0.3) is 5.91 Å². The van der Waals surface area contributed by atoms with E-state index in [0.717, 1.165) is 12.8 Å². The van der Waals surface area contributed by atoms with Crippen LogP contribution in [-0.2, 0) is 29.4 Å². The summed E-state index contributed by atoms with van der Waals surface area (Å²) >= 11 is 0. The van der Waals surface area contributed by atoms with Crippen LogP contribution in [0.25, 0.3) is 0 Å². The van der Waals surface area contributed by atoms with Crippen molar-refractivity contribution in [1.29, 1.82) is 0 Å². The molecule has 1 unspecified atom stereocenters. The maximum absolute atomic E-state index is 12.4. The second-order valence-corrected chi connectivity index (χ2v) is 8.49. The topological polar surface area (TPSA) is 114 Å². The number of nitrogens with zero attached hydrogens (tertiary/aromatic N) is 1. The van der Waals surface area contributed by atoms with Crippen molar-refractivity contribution in [2.45, 2.75) is 49.9 Å². The smallest absolute Gasteiger partial charge is 0.274 e. The first kappa shape index (κ1) is 16.3. The molecule has 2 aromatic rings. The number of amides is 1. The zero-order valence-corrected chi connectivity index (χ0v) is 14.3. The van der Waals surface area contributed by atoms with E-state index in [1.165, 1.54) is 6.26 Å². The molecule has 8 nitrogen and oxygen atoms in total. The zero-order chi connectivity index (χ0) is 17.4. The molecule has 0 bridgehead atoms. The Morgan fingerprint density at radius 2 is 2.16 bits per heavy atom. The van der Waals surface area contributed by atoms with Crippen LogP contribution in [0, 0.1) is 0 Å². The Bertz CT molecular complexity index is 868. The molecule has 1 saturated carbocycles. The van der Waals surface area contributed by atoms with Crippen molar-refractivity contribution in [3.63, 3.8) is 0 Å². The number of sulfonamides is 1. The molecule has 2 heterocycles. The minimum absolute atomic E-state index is 0.219. The molecule has 25 heavy (non-hydrogen) atoms. The molecule has 1 amide bonds. The van der Waals surface area contributed by atoms with Crippen LogP contribution in [0.15, 0.2) is 27.3 Å². The van der Waals surface area contributed by atoms with Crippen molar-refractivity contribution in [3.05, 3.63) is 41.2 Å². The summed E-state index contributed by atoms with van der Waals surface area (Å²) in [5, 5.41) is 6.36. The number of rotatable bonds is 6. The van der Waals surface area contributed by atoms with Gasteiger partial charge in [-0.05, 0) is 37.8 Å². The second kappa shape index (κ2) is 6.30. The van der Waals surface area contributed by atoms with Gasteiger partial charge in [0.15, 0.2) is 5.69 Å². The first-order valence-corrected chi connectivity index (χ1v) is 9.86. The van der Waals surface area contributed by atoms with Gasteiger partial charge in [-0.2, -0.15) is 0 Å². The number of aryl methyl sites for hydroxylation is 1. The number of nitrogens with one attached hydrogen (secondary N) is 2. The van der Waals surface area contributed by atoms with E-state index >= 15 is 0 Å². The highest BCUT2D eigenvalue weighted by Crippen LogP contribution is 2.30. The molecule has 0 spiro atoms. The van der Waals surface area contributed by atoms with Gasteiger partial charge in [-0.1, -0.05) is 5.16 Å². The summed E-state index contributed by atoms with van der Waals surface area (Å²) in [6.07, 6.45) is 4.60. The molecule has 4 rings (SSSR count). The van der Waals surface area contributed by atoms with Crippen molar-refractivity contribution >= 4 is 15.9 Å². The molecule has 2 N–H and O–H groups in total. The van der Waals surface area contributed by atoms with Crippen LogP contribution in [-0.4, -0.2) is 30.8 Å². The van der Waals surface area contributed by atoms with Crippen molar-refractivity contribution < 1.29 is 22.2 Å². The Labute approximate surface area is 145 Å². The Hall–Kier alpha value is -2.13. The lowest BCUT2D eigenvalue weighted by Crippen LogP contribution is -2.40. The number of carbonyl (C=O) groups excluding carboxylic acids is 1. The highest BCUT2D eigenvalue weighted by Gasteiger charge is 2.38. The summed E-state index contributed by atoms with van der Waals surface area (Å²) in [6.45, 7) is 0.255. The molecule has 1 atom stereocenters. The van der Waals surface area contributed by atoms with Crippen molar-refractivity contribution in [2.75, 3.05) is 0 Å². The number of carbonyl (C=O) groups is 1. The SMILES string of the molecule is O=C(NCc1ccco1)c1noc2c1CC(NS(=O)(=O)C1CC1)CC2.